The van der Waals surface area contributed by atoms with Crippen LogP contribution in [0.15, 0.2) is 34.4 Å². The van der Waals surface area contributed by atoms with Crippen molar-refractivity contribution in [2.45, 2.75) is 26.8 Å². The summed E-state index contributed by atoms with van der Waals surface area (Å²) in [7, 11) is 1.64. The first-order chi connectivity index (χ1) is 10.7. The molecule has 5 heteroatoms. The Morgan fingerprint density at radius 1 is 1.27 bits per heavy atom. The summed E-state index contributed by atoms with van der Waals surface area (Å²) in [6.45, 7) is 4.66. The zero-order valence-corrected chi connectivity index (χ0v) is 13.7. The van der Waals surface area contributed by atoms with Crippen LogP contribution < -0.4 is 10.3 Å². The average Bonchev–Trinajstić information content (AvgIpc) is 2.95. The van der Waals surface area contributed by atoms with Crippen LogP contribution in [0.1, 0.15) is 19.2 Å². The number of aryl methyl sites for hydroxylation is 1. The van der Waals surface area contributed by atoms with Crippen LogP contribution in [0.5, 0.6) is 5.75 Å². The van der Waals surface area contributed by atoms with Crippen molar-refractivity contribution in [3.05, 3.63) is 45.8 Å². The molecule has 0 aliphatic heterocycles. The van der Waals surface area contributed by atoms with Crippen molar-refractivity contribution in [2.75, 3.05) is 7.11 Å². The van der Waals surface area contributed by atoms with Crippen molar-refractivity contribution < 1.29 is 4.74 Å². The molecule has 4 nitrogen and oxygen atoms in total. The molecule has 114 valence electrons. The summed E-state index contributed by atoms with van der Waals surface area (Å²) in [6.07, 6.45) is 0.913. The predicted octanol–water partition coefficient (Wildman–Crippen LogP) is 3.85. The number of ether oxygens (including phenoxy) is 1. The van der Waals surface area contributed by atoms with Gasteiger partial charge in [0.15, 0.2) is 0 Å². The molecular formula is C17H18N2O2S. The van der Waals surface area contributed by atoms with Gasteiger partial charge in [-0.15, -0.1) is 11.3 Å². The molecule has 0 atom stereocenters. The molecule has 0 saturated heterocycles. The zero-order valence-electron chi connectivity index (χ0n) is 12.9. The minimum atomic E-state index is 0.0522. The summed E-state index contributed by atoms with van der Waals surface area (Å²) in [5.74, 6) is 1.59. The summed E-state index contributed by atoms with van der Waals surface area (Å²) in [5.41, 5.74) is 2.01. The SMILES string of the molecule is CCCn1c(C)nc2scc(-c3ccc(OC)cc3)c2c1=O. The Hall–Kier alpha value is -2.14. The molecule has 0 radical (unpaired) electrons. The van der Waals surface area contributed by atoms with Crippen LogP contribution >= 0.6 is 11.3 Å². The van der Waals surface area contributed by atoms with Gasteiger partial charge in [-0.3, -0.25) is 9.36 Å². The van der Waals surface area contributed by atoms with Crippen molar-refractivity contribution in [3.8, 4) is 16.9 Å². The number of fused-ring (bicyclic) bond motifs is 1. The predicted molar refractivity (Wildman–Crippen MR) is 90.9 cm³/mol. The Morgan fingerprint density at radius 2 is 2.00 bits per heavy atom. The summed E-state index contributed by atoms with van der Waals surface area (Å²) >= 11 is 1.52. The minimum Gasteiger partial charge on any atom is -0.497 e. The van der Waals surface area contributed by atoms with E-state index in [-0.39, 0.29) is 5.56 Å². The molecule has 2 heterocycles. The Labute approximate surface area is 133 Å². The number of rotatable bonds is 4. The largest absolute Gasteiger partial charge is 0.497 e. The highest BCUT2D eigenvalue weighted by molar-refractivity contribution is 7.17. The third-order valence-corrected chi connectivity index (χ3v) is 4.61. The number of hydrogen-bond donors (Lipinski definition) is 0. The van der Waals surface area contributed by atoms with E-state index < -0.39 is 0 Å². The molecule has 3 aromatic rings. The summed E-state index contributed by atoms with van der Waals surface area (Å²) < 4.78 is 6.95. The Morgan fingerprint density at radius 3 is 2.64 bits per heavy atom. The Kier molecular flexibility index (Phi) is 3.98. The molecule has 0 N–H and O–H groups in total. The average molecular weight is 314 g/mol. The zero-order chi connectivity index (χ0) is 15.7. The molecule has 0 bridgehead atoms. The number of benzene rings is 1. The molecular weight excluding hydrogens is 296 g/mol. The molecule has 0 fully saturated rings. The van der Waals surface area contributed by atoms with Crippen LogP contribution in [0.25, 0.3) is 21.3 Å². The molecule has 0 aliphatic rings. The van der Waals surface area contributed by atoms with Crippen LogP contribution in [0.4, 0.5) is 0 Å². The van der Waals surface area contributed by atoms with E-state index in [4.69, 9.17) is 4.74 Å². The molecule has 3 rings (SSSR count). The van der Waals surface area contributed by atoms with Gasteiger partial charge in [0.2, 0.25) is 0 Å². The molecule has 0 aliphatic carbocycles. The smallest absolute Gasteiger partial charge is 0.262 e. The first-order valence-corrected chi connectivity index (χ1v) is 8.16. The fourth-order valence-electron chi connectivity index (χ4n) is 2.60. The van der Waals surface area contributed by atoms with Crippen molar-refractivity contribution in [2.24, 2.45) is 0 Å². The monoisotopic (exact) mass is 314 g/mol. The van der Waals surface area contributed by atoms with Crippen LogP contribution in [0.2, 0.25) is 0 Å². The number of nitrogens with zero attached hydrogens (tertiary/aromatic N) is 2. The van der Waals surface area contributed by atoms with Gasteiger partial charge in [0, 0.05) is 17.5 Å². The summed E-state index contributed by atoms with van der Waals surface area (Å²) in [4.78, 5) is 18.2. The van der Waals surface area contributed by atoms with Crippen LogP contribution in [0.3, 0.4) is 0 Å². The van der Waals surface area contributed by atoms with E-state index >= 15 is 0 Å². The van der Waals surface area contributed by atoms with Gasteiger partial charge in [0.05, 0.1) is 12.5 Å². The van der Waals surface area contributed by atoms with Gasteiger partial charge in [0.1, 0.15) is 16.4 Å². The lowest BCUT2D eigenvalue weighted by Crippen LogP contribution is -2.23. The van der Waals surface area contributed by atoms with E-state index in [0.717, 1.165) is 34.0 Å². The summed E-state index contributed by atoms with van der Waals surface area (Å²) in [6, 6.07) is 7.77. The van der Waals surface area contributed by atoms with Gasteiger partial charge in [-0.2, -0.15) is 0 Å². The lowest BCUT2D eigenvalue weighted by Gasteiger charge is -2.08. The van der Waals surface area contributed by atoms with Gasteiger partial charge in [-0.1, -0.05) is 19.1 Å². The Balaban J connectivity index is 2.22. The molecule has 2 aromatic heterocycles. The minimum absolute atomic E-state index is 0.0522. The highest BCUT2D eigenvalue weighted by atomic mass is 32.1. The lowest BCUT2D eigenvalue weighted by molar-refractivity contribution is 0.415. The highest BCUT2D eigenvalue weighted by Gasteiger charge is 2.15. The molecule has 0 amide bonds. The van der Waals surface area contributed by atoms with Crippen LogP contribution in [0, 0.1) is 6.92 Å². The van der Waals surface area contributed by atoms with E-state index in [1.165, 1.54) is 11.3 Å². The summed E-state index contributed by atoms with van der Waals surface area (Å²) in [5, 5.41) is 2.73. The molecule has 0 spiro atoms. The maximum absolute atomic E-state index is 12.8. The van der Waals surface area contributed by atoms with Gasteiger partial charge >= 0.3 is 0 Å². The number of hydrogen-bond acceptors (Lipinski definition) is 4. The van der Waals surface area contributed by atoms with Crippen molar-refractivity contribution in [3.63, 3.8) is 0 Å². The van der Waals surface area contributed by atoms with E-state index in [2.05, 4.69) is 11.9 Å². The van der Waals surface area contributed by atoms with Crippen molar-refractivity contribution >= 4 is 21.6 Å². The molecule has 1 aromatic carbocycles. The number of aromatic nitrogens is 2. The second-order valence-electron chi connectivity index (χ2n) is 5.17. The van der Waals surface area contributed by atoms with E-state index in [1.807, 2.05) is 36.6 Å². The van der Waals surface area contributed by atoms with Gasteiger partial charge in [-0.05, 0) is 31.0 Å². The van der Waals surface area contributed by atoms with Gasteiger partial charge < -0.3 is 4.74 Å². The fourth-order valence-corrected chi connectivity index (χ4v) is 3.58. The van der Waals surface area contributed by atoms with Crippen LogP contribution in [-0.4, -0.2) is 16.7 Å². The maximum Gasteiger partial charge on any atom is 0.262 e. The third-order valence-electron chi connectivity index (χ3n) is 3.73. The standard InChI is InChI=1S/C17H18N2O2S/c1-4-9-19-11(2)18-16-15(17(19)20)14(10-22-16)12-5-7-13(21-3)8-6-12/h5-8,10H,4,9H2,1-3H3. The van der Waals surface area contributed by atoms with Gasteiger partial charge in [0.25, 0.3) is 5.56 Å². The maximum atomic E-state index is 12.8. The first-order valence-electron chi connectivity index (χ1n) is 7.28. The highest BCUT2D eigenvalue weighted by Crippen LogP contribution is 2.31. The van der Waals surface area contributed by atoms with E-state index in [1.54, 1.807) is 11.7 Å². The third kappa shape index (κ3) is 2.41. The van der Waals surface area contributed by atoms with Gasteiger partial charge in [-0.25, -0.2) is 4.98 Å². The topological polar surface area (TPSA) is 44.1 Å². The van der Waals surface area contributed by atoms with E-state index in [0.29, 0.717) is 11.9 Å². The normalized spacial score (nSPS) is 11.0. The second kappa shape index (κ2) is 5.93. The van der Waals surface area contributed by atoms with Crippen molar-refractivity contribution in [1.82, 2.24) is 9.55 Å². The number of methoxy groups -OCH3 is 1. The number of thiophene rings is 1. The first kappa shape index (κ1) is 14.8. The van der Waals surface area contributed by atoms with Crippen molar-refractivity contribution in [1.29, 1.82) is 0 Å². The molecule has 22 heavy (non-hydrogen) atoms. The fraction of sp³-hybridized carbons (Fsp3) is 0.294. The van der Waals surface area contributed by atoms with Crippen LogP contribution in [-0.2, 0) is 6.54 Å². The van der Waals surface area contributed by atoms with E-state index in [9.17, 15) is 4.79 Å². The quantitative estimate of drug-likeness (QED) is 0.734. The molecule has 0 saturated carbocycles. The second-order valence-corrected chi connectivity index (χ2v) is 6.03. The Bertz CT molecular complexity index is 863. The molecule has 0 unspecified atom stereocenters. The lowest BCUT2D eigenvalue weighted by atomic mass is 10.1.